The molecule has 29 heavy (non-hydrogen) atoms. The van der Waals surface area contributed by atoms with Crippen LogP contribution in [0.3, 0.4) is 0 Å². The first kappa shape index (κ1) is 18.6. The minimum Gasteiger partial charge on any atom is -0.258 e. The number of nitrogens with zero attached hydrogens (tertiary/aromatic N) is 1. The minimum absolute atomic E-state index is 0.0758. The Morgan fingerprint density at radius 2 is 1.03 bits per heavy atom. The Labute approximate surface area is 169 Å². The Balaban J connectivity index is 1.86. The van der Waals surface area contributed by atoms with E-state index in [1.54, 1.807) is 12.1 Å². The molecule has 0 aliphatic heterocycles. The van der Waals surface area contributed by atoms with E-state index in [-0.39, 0.29) is 10.6 Å². The third kappa shape index (κ3) is 4.06. The average molecular weight is 382 g/mol. The van der Waals surface area contributed by atoms with Crippen molar-refractivity contribution in [3.8, 4) is 33.8 Å². The van der Waals surface area contributed by atoms with Crippen molar-refractivity contribution in [2.45, 2.75) is 13.8 Å². The van der Waals surface area contributed by atoms with Gasteiger partial charge in [0.1, 0.15) is 0 Å². The standard InChI is InChI=1S/C25H20NO3/c1-17-3-7-20(8-4-17)24-15-22(19-11-13-23(14-12-19)26(27)28)16-25(29-24)21-9-5-18(2)6-10-21/h3-16H,1-2H3/q+1. The zero-order valence-electron chi connectivity index (χ0n) is 16.3. The van der Waals surface area contributed by atoms with Crippen molar-refractivity contribution >= 4 is 5.69 Å². The summed E-state index contributed by atoms with van der Waals surface area (Å²) in [7, 11) is 0. The number of benzene rings is 3. The molecule has 0 fully saturated rings. The highest BCUT2D eigenvalue weighted by Crippen LogP contribution is 2.33. The molecule has 142 valence electrons. The fraction of sp³-hybridized carbons (Fsp3) is 0.0800. The van der Waals surface area contributed by atoms with Crippen LogP contribution >= 0.6 is 0 Å². The van der Waals surface area contributed by atoms with Crippen LogP contribution in [0.4, 0.5) is 5.69 Å². The van der Waals surface area contributed by atoms with Crippen LogP contribution in [0, 0.1) is 24.0 Å². The predicted octanol–water partition coefficient (Wildman–Crippen LogP) is 7.09. The third-order valence-corrected chi connectivity index (χ3v) is 4.88. The first-order valence-corrected chi connectivity index (χ1v) is 9.37. The Morgan fingerprint density at radius 1 is 0.621 bits per heavy atom. The molecule has 1 aromatic heterocycles. The summed E-state index contributed by atoms with van der Waals surface area (Å²) in [6.45, 7) is 4.10. The van der Waals surface area contributed by atoms with Crippen molar-refractivity contribution in [3.05, 3.63) is 106 Å². The summed E-state index contributed by atoms with van der Waals surface area (Å²) in [5.41, 5.74) is 6.23. The molecule has 1 heterocycles. The summed E-state index contributed by atoms with van der Waals surface area (Å²) in [5.74, 6) is 1.49. The van der Waals surface area contributed by atoms with Gasteiger partial charge in [-0.25, -0.2) is 4.42 Å². The van der Waals surface area contributed by atoms with E-state index in [1.807, 2.05) is 50.2 Å². The molecule has 0 aliphatic rings. The summed E-state index contributed by atoms with van der Waals surface area (Å²) < 4.78 is 6.25. The number of hydrogen-bond donors (Lipinski definition) is 0. The molecular formula is C25H20NO3+. The maximum atomic E-state index is 11.0. The van der Waals surface area contributed by atoms with E-state index < -0.39 is 0 Å². The highest BCUT2D eigenvalue weighted by Gasteiger charge is 2.21. The van der Waals surface area contributed by atoms with E-state index in [0.717, 1.165) is 33.8 Å². The van der Waals surface area contributed by atoms with Crippen LogP contribution in [0.2, 0.25) is 0 Å². The number of hydrogen-bond acceptors (Lipinski definition) is 2. The second-order valence-corrected chi connectivity index (χ2v) is 7.11. The molecule has 0 unspecified atom stereocenters. The molecule has 0 saturated carbocycles. The number of non-ortho nitro benzene ring substituents is 1. The maximum absolute atomic E-state index is 11.0. The summed E-state index contributed by atoms with van der Waals surface area (Å²) in [6, 6.07) is 26.9. The van der Waals surface area contributed by atoms with E-state index in [4.69, 9.17) is 4.42 Å². The van der Waals surface area contributed by atoms with Gasteiger partial charge in [0.05, 0.1) is 28.2 Å². The lowest BCUT2D eigenvalue weighted by molar-refractivity contribution is -0.384. The molecule has 0 spiro atoms. The molecule has 3 aromatic carbocycles. The van der Waals surface area contributed by atoms with Crippen molar-refractivity contribution in [1.82, 2.24) is 0 Å². The van der Waals surface area contributed by atoms with Crippen LogP contribution in [0.15, 0.2) is 89.3 Å². The lowest BCUT2D eigenvalue weighted by Crippen LogP contribution is -1.89. The monoisotopic (exact) mass is 382 g/mol. The van der Waals surface area contributed by atoms with E-state index >= 15 is 0 Å². The lowest BCUT2D eigenvalue weighted by atomic mass is 10.0. The molecule has 4 nitrogen and oxygen atoms in total. The van der Waals surface area contributed by atoms with Gasteiger partial charge in [-0.05, 0) is 55.8 Å². The molecule has 0 atom stereocenters. The van der Waals surface area contributed by atoms with Crippen molar-refractivity contribution in [2.75, 3.05) is 0 Å². The SMILES string of the molecule is Cc1ccc(-c2cc(-c3ccc([N+](=O)[O-])cc3)cc(-c3ccc(C)cc3)[o+]2)cc1. The average Bonchev–Trinajstić information content (AvgIpc) is 2.74. The van der Waals surface area contributed by atoms with Crippen LogP contribution in [-0.2, 0) is 0 Å². The quantitative estimate of drug-likeness (QED) is 0.215. The molecule has 4 heteroatoms. The summed E-state index contributed by atoms with van der Waals surface area (Å²) >= 11 is 0. The Morgan fingerprint density at radius 3 is 1.45 bits per heavy atom. The van der Waals surface area contributed by atoms with Gasteiger partial charge in [-0.15, -0.1) is 0 Å². The summed E-state index contributed by atoms with van der Waals surface area (Å²) in [4.78, 5) is 10.6. The van der Waals surface area contributed by atoms with Gasteiger partial charge >= 0.3 is 11.5 Å². The van der Waals surface area contributed by atoms with Crippen molar-refractivity contribution in [3.63, 3.8) is 0 Å². The summed E-state index contributed by atoms with van der Waals surface area (Å²) in [5, 5.41) is 11.0. The fourth-order valence-electron chi connectivity index (χ4n) is 3.16. The van der Waals surface area contributed by atoms with Gasteiger partial charge in [0, 0.05) is 17.7 Å². The third-order valence-electron chi connectivity index (χ3n) is 4.88. The van der Waals surface area contributed by atoms with Gasteiger partial charge < -0.3 is 0 Å². The molecular weight excluding hydrogens is 362 g/mol. The highest BCUT2D eigenvalue weighted by molar-refractivity contribution is 5.75. The van der Waals surface area contributed by atoms with Gasteiger partial charge in [-0.2, -0.15) is 0 Å². The highest BCUT2D eigenvalue weighted by atomic mass is 16.6. The maximum Gasteiger partial charge on any atom is 0.361 e. The topological polar surface area (TPSA) is 54.4 Å². The molecule has 0 bridgehead atoms. The first-order chi connectivity index (χ1) is 14.0. The molecule has 0 amide bonds. The Kier molecular flexibility index (Phi) is 4.92. The van der Waals surface area contributed by atoms with Crippen molar-refractivity contribution in [2.24, 2.45) is 0 Å². The van der Waals surface area contributed by atoms with Gasteiger partial charge in [0.2, 0.25) is 0 Å². The van der Waals surface area contributed by atoms with Crippen LogP contribution in [0.25, 0.3) is 33.8 Å². The molecule has 4 aromatic rings. The number of nitro groups is 1. The first-order valence-electron chi connectivity index (χ1n) is 9.37. The van der Waals surface area contributed by atoms with E-state index in [0.29, 0.717) is 0 Å². The smallest absolute Gasteiger partial charge is 0.258 e. The second-order valence-electron chi connectivity index (χ2n) is 7.11. The summed E-state index contributed by atoms with van der Waals surface area (Å²) in [6.07, 6.45) is 0. The zero-order chi connectivity index (χ0) is 20.4. The number of nitro benzene ring substituents is 1. The van der Waals surface area contributed by atoms with E-state index in [1.165, 1.54) is 23.3 Å². The van der Waals surface area contributed by atoms with Crippen molar-refractivity contribution < 1.29 is 9.34 Å². The predicted molar refractivity (Wildman–Crippen MR) is 116 cm³/mol. The van der Waals surface area contributed by atoms with E-state index in [9.17, 15) is 10.1 Å². The van der Waals surface area contributed by atoms with Crippen LogP contribution < -0.4 is 0 Å². The van der Waals surface area contributed by atoms with Gasteiger partial charge in [-0.3, -0.25) is 10.1 Å². The normalized spacial score (nSPS) is 10.7. The Bertz CT molecular complexity index is 1100. The Hall–Kier alpha value is -3.79. The van der Waals surface area contributed by atoms with Crippen LogP contribution in [-0.4, -0.2) is 4.92 Å². The van der Waals surface area contributed by atoms with E-state index in [2.05, 4.69) is 24.3 Å². The largest absolute Gasteiger partial charge is 0.361 e. The van der Waals surface area contributed by atoms with Crippen LogP contribution in [0.5, 0.6) is 0 Å². The van der Waals surface area contributed by atoms with Gasteiger partial charge in [-0.1, -0.05) is 35.4 Å². The van der Waals surface area contributed by atoms with Crippen molar-refractivity contribution in [1.29, 1.82) is 0 Å². The molecule has 0 N–H and O–H groups in total. The van der Waals surface area contributed by atoms with Gasteiger partial charge in [0.25, 0.3) is 5.69 Å². The molecule has 0 saturated heterocycles. The molecule has 4 rings (SSSR count). The fourth-order valence-corrected chi connectivity index (χ4v) is 3.16. The minimum atomic E-state index is -0.389. The van der Waals surface area contributed by atoms with Gasteiger partial charge in [0.15, 0.2) is 0 Å². The molecule has 0 aliphatic carbocycles. The zero-order valence-corrected chi connectivity index (χ0v) is 16.3. The lowest BCUT2D eigenvalue weighted by Gasteiger charge is -2.03. The molecule has 0 radical (unpaired) electrons. The van der Waals surface area contributed by atoms with Crippen LogP contribution in [0.1, 0.15) is 11.1 Å². The second kappa shape index (κ2) is 7.68. The number of aryl methyl sites for hydroxylation is 2. The number of rotatable bonds is 4.